The minimum absolute atomic E-state index is 0.212. The molecule has 2 N–H and O–H groups in total. The zero-order valence-corrected chi connectivity index (χ0v) is 16.6. The molecule has 4 rings (SSSR count). The number of amides is 1. The van der Waals surface area contributed by atoms with E-state index in [9.17, 15) is 19.5 Å². The van der Waals surface area contributed by atoms with Crippen LogP contribution in [-0.4, -0.2) is 41.8 Å². The van der Waals surface area contributed by atoms with Crippen molar-refractivity contribution in [3.8, 4) is 10.4 Å². The van der Waals surface area contributed by atoms with Gasteiger partial charge in [0.15, 0.2) is 0 Å². The lowest BCUT2D eigenvalue weighted by Gasteiger charge is -2.23. The molecule has 0 spiro atoms. The molecule has 4 atom stereocenters. The van der Waals surface area contributed by atoms with E-state index in [1.807, 2.05) is 30.3 Å². The highest BCUT2D eigenvalue weighted by molar-refractivity contribution is 7.20. The number of carboxylic acids is 1. The maximum absolute atomic E-state index is 13.0. The van der Waals surface area contributed by atoms with Crippen LogP contribution >= 0.6 is 11.3 Å². The van der Waals surface area contributed by atoms with E-state index < -0.39 is 41.9 Å². The molecule has 7 nitrogen and oxygen atoms in total. The lowest BCUT2D eigenvalue weighted by molar-refractivity contribution is -0.147. The first kappa shape index (κ1) is 19.6. The number of benzene rings is 1. The molecular formula is C21H21NO6S. The molecule has 2 fully saturated rings. The van der Waals surface area contributed by atoms with Gasteiger partial charge in [0.05, 0.1) is 36.2 Å². The molecule has 0 aliphatic carbocycles. The van der Waals surface area contributed by atoms with Crippen molar-refractivity contribution >= 4 is 34.2 Å². The molecular weight excluding hydrogens is 394 g/mol. The van der Waals surface area contributed by atoms with Gasteiger partial charge < -0.3 is 19.9 Å². The number of carboxylic acid groups (broad SMARTS) is 1. The number of hydrogen-bond acceptors (Lipinski definition) is 6. The summed E-state index contributed by atoms with van der Waals surface area (Å²) in [6.07, 6.45) is 0.481. The van der Waals surface area contributed by atoms with E-state index in [1.54, 1.807) is 13.0 Å². The summed E-state index contributed by atoms with van der Waals surface area (Å²) in [6.45, 7) is 1.93. The molecule has 1 aromatic carbocycles. The number of rotatable bonds is 6. The second-order valence-electron chi connectivity index (χ2n) is 7.11. The van der Waals surface area contributed by atoms with Gasteiger partial charge in [-0.1, -0.05) is 30.3 Å². The van der Waals surface area contributed by atoms with Crippen LogP contribution in [0.2, 0.25) is 0 Å². The van der Waals surface area contributed by atoms with Gasteiger partial charge in [0.25, 0.3) is 0 Å². The normalized spacial score (nSPS) is 25.0. The molecule has 0 unspecified atom stereocenters. The number of esters is 1. The molecule has 29 heavy (non-hydrogen) atoms. The van der Waals surface area contributed by atoms with E-state index in [-0.39, 0.29) is 12.2 Å². The average Bonchev–Trinajstić information content (AvgIpc) is 3.43. The Morgan fingerprint density at radius 1 is 1.17 bits per heavy atom. The van der Waals surface area contributed by atoms with Crippen LogP contribution in [0.1, 0.15) is 30.1 Å². The van der Waals surface area contributed by atoms with Crippen LogP contribution in [-0.2, 0) is 19.1 Å². The molecule has 3 heterocycles. The Balaban J connectivity index is 1.63. The summed E-state index contributed by atoms with van der Waals surface area (Å²) >= 11 is 1.26. The molecule has 8 heteroatoms. The highest BCUT2D eigenvalue weighted by atomic mass is 32.1. The van der Waals surface area contributed by atoms with Gasteiger partial charge in [0, 0.05) is 4.88 Å². The van der Waals surface area contributed by atoms with Gasteiger partial charge in [-0.2, -0.15) is 0 Å². The zero-order valence-electron chi connectivity index (χ0n) is 15.8. The Labute approximate surface area is 171 Å². The number of ether oxygens (including phenoxy) is 2. The van der Waals surface area contributed by atoms with Crippen LogP contribution in [0.4, 0.5) is 5.00 Å². The third kappa shape index (κ3) is 3.65. The fourth-order valence-corrected chi connectivity index (χ4v) is 5.16. The molecule has 2 saturated heterocycles. The van der Waals surface area contributed by atoms with Crippen molar-refractivity contribution in [1.82, 2.24) is 0 Å². The third-order valence-electron chi connectivity index (χ3n) is 5.38. The number of aliphatic carboxylic acids is 1. The first-order valence-corrected chi connectivity index (χ1v) is 10.4. The molecule has 1 aromatic heterocycles. The maximum Gasteiger partial charge on any atom is 0.341 e. The zero-order chi connectivity index (χ0) is 20.5. The van der Waals surface area contributed by atoms with Gasteiger partial charge >= 0.3 is 11.9 Å². The second-order valence-corrected chi connectivity index (χ2v) is 8.16. The van der Waals surface area contributed by atoms with E-state index in [2.05, 4.69) is 5.32 Å². The van der Waals surface area contributed by atoms with Gasteiger partial charge in [-0.25, -0.2) is 4.79 Å². The standard InChI is InChI=1S/C21H21NO6S/c1-2-27-21(26)12-10-15(11-6-4-3-5-7-11)29-19(12)22-18(23)16-13-8-9-14(28-13)17(16)20(24)25/h3-7,10,13-14,16-17H,2,8-9H2,1H3,(H,22,23)(H,24,25)/t13-,14+,16-,17-/m0/s1. The van der Waals surface area contributed by atoms with Crippen molar-refractivity contribution in [2.75, 3.05) is 11.9 Å². The van der Waals surface area contributed by atoms with Crippen LogP contribution in [0, 0.1) is 11.8 Å². The molecule has 1 amide bonds. The minimum Gasteiger partial charge on any atom is -0.481 e. The monoisotopic (exact) mass is 415 g/mol. The maximum atomic E-state index is 13.0. The van der Waals surface area contributed by atoms with E-state index in [0.717, 1.165) is 10.4 Å². The number of carbonyl (C=O) groups excluding carboxylic acids is 2. The second kappa shape index (κ2) is 7.96. The SMILES string of the molecule is CCOC(=O)c1cc(-c2ccccc2)sc1NC(=O)[C@@H]1[C@@H](C(=O)O)[C@H]2CC[C@@H]1O2. The first-order chi connectivity index (χ1) is 14.0. The number of fused-ring (bicyclic) bond motifs is 2. The minimum atomic E-state index is -1.03. The van der Waals surface area contributed by atoms with Crippen molar-refractivity contribution in [3.05, 3.63) is 42.0 Å². The lowest BCUT2D eigenvalue weighted by atomic mass is 9.79. The predicted molar refractivity (Wildman–Crippen MR) is 107 cm³/mol. The van der Waals surface area contributed by atoms with Gasteiger partial charge in [-0.15, -0.1) is 11.3 Å². The molecule has 152 valence electrons. The smallest absolute Gasteiger partial charge is 0.341 e. The summed E-state index contributed by atoms with van der Waals surface area (Å²) < 4.78 is 10.8. The highest BCUT2D eigenvalue weighted by Crippen LogP contribution is 2.45. The van der Waals surface area contributed by atoms with E-state index in [4.69, 9.17) is 9.47 Å². The Morgan fingerprint density at radius 2 is 1.86 bits per heavy atom. The van der Waals surface area contributed by atoms with Crippen LogP contribution in [0.15, 0.2) is 36.4 Å². The number of carbonyl (C=O) groups is 3. The lowest BCUT2D eigenvalue weighted by Crippen LogP contribution is -2.41. The summed E-state index contributed by atoms with van der Waals surface area (Å²) in [5.41, 5.74) is 1.18. The third-order valence-corrected chi connectivity index (χ3v) is 6.48. The van der Waals surface area contributed by atoms with Crippen molar-refractivity contribution in [1.29, 1.82) is 0 Å². The summed E-state index contributed by atoms with van der Waals surface area (Å²) in [6, 6.07) is 11.2. The Kier molecular flexibility index (Phi) is 5.38. The summed E-state index contributed by atoms with van der Waals surface area (Å²) in [5, 5.41) is 12.7. The van der Waals surface area contributed by atoms with E-state index >= 15 is 0 Å². The molecule has 2 aliphatic rings. The summed E-state index contributed by atoms with van der Waals surface area (Å²) in [5.74, 6) is -3.63. The Morgan fingerprint density at radius 3 is 2.52 bits per heavy atom. The van der Waals surface area contributed by atoms with E-state index in [0.29, 0.717) is 17.8 Å². The topological polar surface area (TPSA) is 102 Å². The van der Waals surface area contributed by atoms with Crippen LogP contribution in [0.5, 0.6) is 0 Å². The van der Waals surface area contributed by atoms with Crippen LogP contribution < -0.4 is 5.32 Å². The van der Waals surface area contributed by atoms with Crippen molar-refractivity contribution in [3.63, 3.8) is 0 Å². The molecule has 2 aromatic rings. The molecule has 2 aliphatic heterocycles. The predicted octanol–water partition coefficient (Wildman–Crippen LogP) is 3.41. The first-order valence-electron chi connectivity index (χ1n) is 9.55. The highest BCUT2D eigenvalue weighted by Gasteiger charge is 2.55. The van der Waals surface area contributed by atoms with Crippen LogP contribution in [0.25, 0.3) is 10.4 Å². The fraction of sp³-hybridized carbons (Fsp3) is 0.381. The van der Waals surface area contributed by atoms with Crippen molar-refractivity contribution in [2.45, 2.75) is 32.0 Å². The Hall–Kier alpha value is -2.71. The molecule has 2 bridgehead atoms. The van der Waals surface area contributed by atoms with Crippen molar-refractivity contribution in [2.24, 2.45) is 11.8 Å². The van der Waals surface area contributed by atoms with Gasteiger partial charge in [-0.05, 0) is 31.4 Å². The number of thiophene rings is 1. The quantitative estimate of drug-likeness (QED) is 0.701. The number of nitrogens with one attached hydrogen (secondary N) is 1. The Bertz CT molecular complexity index is 940. The summed E-state index contributed by atoms with van der Waals surface area (Å²) in [4.78, 5) is 37.9. The summed E-state index contributed by atoms with van der Waals surface area (Å²) in [7, 11) is 0. The van der Waals surface area contributed by atoms with Crippen molar-refractivity contribution < 1.29 is 29.0 Å². The molecule has 0 radical (unpaired) electrons. The largest absolute Gasteiger partial charge is 0.481 e. The average molecular weight is 415 g/mol. The van der Waals surface area contributed by atoms with Crippen LogP contribution in [0.3, 0.4) is 0 Å². The van der Waals surface area contributed by atoms with Gasteiger partial charge in [0.2, 0.25) is 5.91 Å². The number of hydrogen-bond donors (Lipinski definition) is 2. The fourth-order valence-electron chi connectivity index (χ4n) is 4.11. The molecule has 0 saturated carbocycles. The van der Waals surface area contributed by atoms with Gasteiger partial charge in [-0.3, -0.25) is 9.59 Å². The van der Waals surface area contributed by atoms with E-state index in [1.165, 1.54) is 11.3 Å². The van der Waals surface area contributed by atoms with Gasteiger partial charge in [0.1, 0.15) is 5.00 Å². The number of anilines is 1.